The average molecular weight is 474 g/mol. The molecule has 0 fully saturated rings. The normalized spacial score (nSPS) is 13.6. The van der Waals surface area contributed by atoms with Crippen molar-refractivity contribution in [1.82, 2.24) is 4.98 Å². The van der Waals surface area contributed by atoms with Crippen LogP contribution in [0.15, 0.2) is 16.5 Å². The molecule has 11 heteroatoms. The SMILES string of the molecule is CC(C)(C)OC(=O)N=S(C)(=O)Cc1cc(NC(=O)OC(C)(C)C)nc(OCCCCO)c1. The predicted octanol–water partition coefficient (Wildman–Crippen LogP) is 4.11. The monoisotopic (exact) mass is 473 g/mol. The van der Waals surface area contributed by atoms with Crippen LogP contribution in [0.2, 0.25) is 0 Å². The molecule has 0 spiro atoms. The molecule has 182 valence electrons. The Morgan fingerprint density at radius 2 is 1.72 bits per heavy atom. The smallest absolute Gasteiger partial charge is 0.442 e. The number of aromatic nitrogens is 1. The second-order valence-electron chi connectivity index (χ2n) is 9.28. The van der Waals surface area contributed by atoms with Gasteiger partial charge in [0.25, 0.3) is 0 Å². The first-order valence-electron chi connectivity index (χ1n) is 10.3. The Kier molecular flexibility index (Phi) is 9.90. The highest BCUT2D eigenvalue weighted by atomic mass is 32.2. The van der Waals surface area contributed by atoms with Crippen molar-refractivity contribution >= 4 is 27.7 Å². The fourth-order valence-electron chi connectivity index (χ4n) is 2.36. The van der Waals surface area contributed by atoms with Crippen molar-refractivity contribution in [3.63, 3.8) is 0 Å². The molecule has 1 unspecified atom stereocenters. The number of aliphatic hydroxyl groups is 1. The molecule has 0 radical (unpaired) electrons. The van der Waals surface area contributed by atoms with Crippen LogP contribution in [-0.2, 0) is 25.0 Å². The van der Waals surface area contributed by atoms with Crippen molar-refractivity contribution in [2.45, 2.75) is 71.3 Å². The molecule has 0 aliphatic heterocycles. The number of hydrogen-bond donors (Lipinski definition) is 2. The molecule has 1 aromatic rings. The maximum Gasteiger partial charge on any atom is 0.442 e. The van der Waals surface area contributed by atoms with Gasteiger partial charge in [-0.3, -0.25) is 5.32 Å². The summed E-state index contributed by atoms with van der Waals surface area (Å²) in [6, 6.07) is 3.07. The molecule has 0 aromatic carbocycles. The highest BCUT2D eigenvalue weighted by Crippen LogP contribution is 2.21. The standard InChI is InChI=1S/C21H35N3O7S/c1-20(2,3)30-18(26)23-16-12-15(13-17(22-16)29-11-9-8-10-25)14-32(7,28)24-19(27)31-21(4,5)6/h12-13,25H,8-11,14H2,1-7H3,(H,22,23,26). The number of rotatable bonds is 8. The molecule has 0 saturated carbocycles. The lowest BCUT2D eigenvalue weighted by atomic mass is 10.2. The highest BCUT2D eigenvalue weighted by Gasteiger charge is 2.19. The summed E-state index contributed by atoms with van der Waals surface area (Å²) in [6.07, 6.45) is 0.909. The Balaban J connectivity index is 3.12. The minimum absolute atomic E-state index is 0.0480. The van der Waals surface area contributed by atoms with Crippen LogP contribution >= 0.6 is 0 Å². The first-order valence-corrected chi connectivity index (χ1v) is 12.4. The van der Waals surface area contributed by atoms with Crippen LogP contribution in [0.1, 0.15) is 59.9 Å². The number of hydrogen-bond acceptors (Lipinski definition) is 8. The number of unbranched alkanes of at least 4 members (excludes halogenated alkanes) is 1. The van der Waals surface area contributed by atoms with Crippen LogP contribution in [0.5, 0.6) is 5.88 Å². The number of carbonyl (C=O) groups is 2. The van der Waals surface area contributed by atoms with Gasteiger partial charge in [0.1, 0.15) is 17.0 Å². The Bertz CT molecular complexity index is 911. The van der Waals surface area contributed by atoms with Crippen LogP contribution < -0.4 is 10.1 Å². The van der Waals surface area contributed by atoms with E-state index >= 15 is 0 Å². The van der Waals surface area contributed by atoms with E-state index in [-0.39, 0.29) is 24.1 Å². The molecular formula is C21H35N3O7S. The van der Waals surface area contributed by atoms with E-state index < -0.39 is 33.1 Å². The molecule has 2 amide bonds. The van der Waals surface area contributed by atoms with Crippen LogP contribution in [-0.4, -0.2) is 57.2 Å². The van der Waals surface area contributed by atoms with Crippen molar-refractivity contribution < 1.29 is 33.1 Å². The number of amides is 2. The largest absolute Gasteiger partial charge is 0.478 e. The molecule has 32 heavy (non-hydrogen) atoms. The number of aliphatic hydroxyl groups excluding tert-OH is 1. The summed E-state index contributed by atoms with van der Waals surface area (Å²) in [5.74, 6) is 0.241. The molecule has 2 N–H and O–H groups in total. The van der Waals surface area contributed by atoms with Gasteiger partial charge in [0.2, 0.25) is 5.88 Å². The third-order valence-corrected chi connectivity index (χ3v) is 4.79. The summed E-state index contributed by atoms with van der Waals surface area (Å²) in [6.45, 7) is 10.6. The fourth-order valence-corrected chi connectivity index (χ4v) is 3.56. The highest BCUT2D eigenvalue weighted by molar-refractivity contribution is 7.92. The number of carbonyl (C=O) groups excluding carboxylic acids is 2. The van der Waals surface area contributed by atoms with E-state index in [1.54, 1.807) is 47.6 Å². The van der Waals surface area contributed by atoms with Gasteiger partial charge in [-0.25, -0.2) is 13.8 Å². The average Bonchev–Trinajstić information content (AvgIpc) is 2.53. The first kappa shape index (κ1) is 27.6. The topological polar surface area (TPSA) is 136 Å². The maximum atomic E-state index is 12.9. The summed E-state index contributed by atoms with van der Waals surface area (Å²) >= 11 is 0. The van der Waals surface area contributed by atoms with E-state index in [0.717, 1.165) is 0 Å². The summed E-state index contributed by atoms with van der Waals surface area (Å²) in [5.41, 5.74) is -0.967. The fraction of sp³-hybridized carbons (Fsp3) is 0.667. The number of nitrogens with one attached hydrogen (secondary N) is 1. The molecule has 0 bridgehead atoms. The summed E-state index contributed by atoms with van der Waals surface area (Å²) in [4.78, 5) is 28.3. The lowest BCUT2D eigenvalue weighted by molar-refractivity contribution is 0.0603. The number of nitrogens with zero attached hydrogens (tertiary/aromatic N) is 2. The van der Waals surface area contributed by atoms with Crippen LogP contribution in [0.3, 0.4) is 0 Å². The second-order valence-corrected chi connectivity index (χ2v) is 11.7. The Morgan fingerprint density at radius 3 is 2.28 bits per heavy atom. The van der Waals surface area contributed by atoms with Crippen molar-refractivity contribution in [3.8, 4) is 5.88 Å². The number of ether oxygens (including phenoxy) is 3. The lowest BCUT2D eigenvalue weighted by Crippen LogP contribution is -2.27. The van der Waals surface area contributed by atoms with Gasteiger partial charge in [0, 0.05) is 18.9 Å². The van der Waals surface area contributed by atoms with Gasteiger partial charge >= 0.3 is 12.2 Å². The summed E-state index contributed by atoms with van der Waals surface area (Å²) in [7, 11) is -2.99. The van der Waals surface area contributed by atoms with E-state index in [1.165, 1.54) is 12.3 Å². The molecule has 0 saturated heterocycles. The van der Waals surface area contributed by atoms with Gasteiger partial charge < -0.3 is 19.3 Å². The molecule has 0 aliphatic carbocycles. The molecule has 1 heterocycles. The van der Waals surface area contributed by atoms with E-state index in [2.05, 4.69) is 14.7 Å². The zero-order valence-corrected chi connectivity index (χ0v) is 20.7. The number of pyridine rings is 1. The Morgan fingerprint density at radius 1 is 1.09 bits per heavy atom. The van der Waals surface area contributed by atoms with Crippen molar-refractivity contribution in [1.29, 1.82) is 0 Å². The van der Waals surface area contributed by atoms with Crippen molar-refractivity contribution in [2.24, 2.45) is 4.36 Å². The van der Waals surface area contributed by atoms with E-state index in [1.807, 2.05) is 0 Å². The van der Waals surface area contributed by atoms with E-state index in [0.29, 0.717) is 25.0 Å². The summed E-state index contributed by atoms with van der Waals surface area (Å²) < 4.78 is 32.6. The summed E-state index contributed by atoms with van der Waals surface area (Å²) in [5, 5.41) is 11.4. The molecule has 1 aromatic heterocycles. The first-order chi connectivity index (χ1) is 14.6. The van der Waals surface area contributed by atoms with Gasteiger partial charge in [0.05, 0.1) is 22.1 Å². The molecule has 0 aliphatic rings. The van der Waals surface area contributed by atoms with Crippen LogP contribution in [0, 0.1) is 0 Å². The zero-order chi connectivity index (χ0) is 24.6. The Hall–Kier alpha value is -2.40. The third-order valence-electron chi connectivity index (χ3n) is 3.39. The van der Waals surface area contributed by atoms with Gasteiger partial charge in [-0.05, 0) is 66.0 Å². The lowest BCUT2D eigenvalue weighted by Gasteiger charge is -2.20. The van der Waals surface area contributed by atoms with Gasteiger partial charge in [-0.1, -0.05) is 0 Å². The van der Waals surface area contributed by atoms with Crippen molar-refractivity contribution in [3.05, 3.63) is 17.7 Å². The predicted molar refractivity (Wildman–Crippen MR) is 122 cm³/mol. The molecular weight excluding hydrogens is 438 g/mol. The third kappa shape index (κ3) is 12.5. The van der Waals surface area contributed by atoms with Gasteiger partial charge in [-0.15, -0.1) is 4.36 Å². The Labute approximate surface area is 190 Å². The molecule has 10 nitrogen and oxygen atoms in total. The van der Waals surface area contributed by atoms with Crippen LogP contribution in [0.4, 0.5) is 15.4 Å². The van der Waals surface area contributed by atoms with E-state index in [9.17, 15) is 13.8 Å². The maximum absolute atomic E-state index is 12.9. The minimum atomic E-state index is -2.99. The van der Waals surface area contributed by atoms with Gasteiger partial charge in [-0.2, -0.15) is 4.98 Å². The number of anilines is 1. The molecule has 1 rings (SSSR count). The molecule has 1 atom stereocenters. The van der Waals surface area contributed by atoms with Crippen LogP contribution in [0.25, 0.3) is 0 Å². The second kappa shape index (κ2) is 11.5. The van der Waals surface area contributed by atoms with Crippen molar-refractivity contribution in [2.75, 3.05) is 24.8 Å². The quantitative estimate of drug-likeness (QED) is 0.538. The van der Waals surface area contributed by atoms with E-state index in [4.69, 9.17) is 19.3 Å². The van der Waals surface area contributed by atoms with Gasteiger partial charge in [0.15, 0.2) is 0 Å². The minimum Gasteiger partial charge on any atom is -0.478 e. The zero-order valence-electron chi connectivity index (χ0n) is 19.9.